The molecule has 0 bridgehead atoms. The molecule has 0 aliphatic carbocycles. The van der Waals surface area contributed by atoms with E-state index >= 15 is 0 Å². The standard InChI is InChI=1S/C36H40N14O4/c37-31-25(17-42-36(46-31)48-11-7-40-8-12-48)34(52)41-9-14-53-13-6-28(51)49-10-5-22-15-21(1-2-24(22)19-49)18-50-33-29(32(38)43-20-44-33)30(47-50)23-3-4-27-26(16-23)45-35(39)54-27/h1-4,15-17,20,40H,5-14,18-19H2,(H2,39,45)(H,41,52)(H2,37,42,46)(H2,38,43,44). The van der Waals surface area contributed by atoms with E-state index in [-0.39, 0.29) is 55.4 Å². The van der Waals surface area contributed by atoms with Crippen molar-refractivity contribution in [2.75, 3.05) is 74.6 Å². The summed E-state index contributed by atoms with van der Waals surface area (Å²) in [6, 6.07) is 11.9. The number of anilines is 4. The van der Waals surface area contributed by atoms with Crippen molar-refractivity contribution in [3.63, 3.8) is 0 Å². The van der Waals surface area contributed by atoms with E-state index in [4.69, 9.17) is 31.5 Å². The highest BCUT2D eigenvalue weighted by Gasteiger charge is 2.23. The van der Waals surface area contributed by atoms with Crippen LogP contribution in [0.2, 0.25) is 0 Å². The van der Waals surface area contributed by atoms with Crippen LogP contribution >= 0.6 is 0 Å². The van der Waals surface area contributed by atoms with Crippen molar-refractivity contribution < 1.29 is 18.7 Å². The van der Waals surface area contributed by atoms with E-state index in [0.717, 1.165) is 49.3 Å². The highest BCUT2D eigenvalue weighted by Crippen LogP contribution is 2.33. The highest BCUT2D eigenvalue weighted by atomic mass is 16.5. The molecular formula is C36H40N14O4. The molecule has 18 heteroatoms. The summed E-state index contributed by atoms with van der Waals surface area (Å²) in [6.45, 7) is 5.59. The molecule has 8 N–H and O–H groups in total. The molecule has 6 aromatic rings. The highest BCUT2D eigenvalue weighted by molar-refractivity contribution is 6.00. The molecule has 0 saturated carbocycles. The Balaban J connectivity index is 0.827. The van der Waals surface area contributed by atoms with E-state index in [2.05, 4.69) is 47.7 Å². The second-order valence-electron chi connectivity index (χ2n) is 13.2. The van der Waals surface area contributed by atoms with Gasteiger partial charge in [-0.2, -0.15) is 15.1 Å². The van der Waals surface area contributed by atoms with Crippen molar-refractivity contribution in [1.29, 1.82) is 0 Å². The van der Waals surface area contributed by atoms with E-state index in [0.29, 0.717) is 59.2 Å². The fourth-order valence-corrected chi connectivity index (χ4v) is 6.85. The van der Waals surface area contributed by atoms with Crippen LogP contribution in [0.5, 0.6) is 0 Å². The predicted octanol–water partition coefficient (Wildman–Crippen LogP) is 1.35. The van der Waals surface area contributed by atoms with Crippen molar-refractivity contribution in [3.05, 3.63) is 71.2 Å². The number of carbonyl (C=O) groups is 2. The Bertz CT molecular complexity index is 2350. The molecule has 6 heterocycles. The first-order valence-corrected chi connectivity index (χ1v) is 17.8. The molecule has 18 nitrogen and oxygen atoms in total. The Kier molecular flexibility index (Phi) is 9.58. The SMILES string of the molecule is Nc1nc2cc(-c3nn(Cc4ccc5c(c4)CCN(C(=O)CCOCCNC(=O)c4cnc(N6CCNCC6)nc4N)C5)c4ncnc(N)c34)ccc2o1. The molecular weight excluding hydrogens is 692 g/mol. The average molecular weight is 733 g/mol. The number of hydrogen-bond acceptors (Lipinski definition) is 15. The monoisotopic (exact) mass is 732 g/mol. The number of nitrogens with zero attached hydrogens (tertiary/aromatic N) is 9. The molecule has 2 amide bonds. The number of fused-ring (bicyclic) bond motifs is 3. The summed E-state index contributed by atoms with van der Waals surface area (Å²) in [5.74, 6) is 0.625. The summed E-state index contributed by atoms with van der Waals surface area (Å²) in [5, 5.41) is 11.6. The summed E-state index contributed by atoms with van der Waals surface area (Å²) in [6.07, 6.45) is 3.86. The van der Waals surface area contributed by atoms with E-state index in [1.807, 2.05) is 32.7 Å². The lowest BCUT2D eigenvalue weighted by Gasteiger charge is -2.29. The number of rotatable bonds is 11. The number of amides is 2. The summed E-state index contributed by atoms with van der Waals surface area (Å²) in [7, 11) is 0. The van der Waals surface area contributed by atoms with Gasteiger partial charge in [0.2, 0.25) is 11.9 Å². The number of hydrogen-bond donors (Lipinski definition) is 5. The quantitative estimate of drug-likeness (QED) is 0.118. The van der Waals surface area contributed by atoms with Crippen molar-refractivity contribution in [2.45, 2.75) is 25.9 Å². The normalized spacial score (nSPS) is 14.4. The molecule has 54 heavy (non-hydrogen) atoms. The third kappa shape index (κ3) is 7.15. The summed E-state index contributed by atoms with van der Waals surface area (Å²) in [4.78, 5) is 51.2. The molecule has 2 aliphatic rings. The van der Waals surface area contributed by atoms with Gasteiger partial charge in [-0.1, -0.05) is 18.2 Å². The zero-order valence-electron chi connectivity index (χ0n) is 29.5. The Hall–Kier alpha value is -6.40. The Morgan fingerprint density at radius 2 is 1.81 bits per heavy atom. The van der Waals surface area contributed by atoms with Crippen LogP contribution < -0.4 is 32.7 Å². The van der Waals surface area contributed by atoms with Gasteiger partial charge in [-0.05, 0) is 41.3 Å². The molecule has 1 fully saturated rings. The van der Waals surface area contributed by atoms with Gasteiger partial charge in [-0.3, -0.25) is 9.59 Å². The maximum Gasteiger partial charge on any atom is 0.292 e. The molecule has 0 radical (unpaired) electrons. The Morgan fingerprint density at radius 1 is 0.944 bits per heavy atom. The summed E-state index contributed by atoms with van der Waals surface area (Å²) < 4.78 is 12.9. The van der Waals surface area contributed by atoms with E-state index < -0.39 is 0 Å². The first kappa shape index (κ1) is 34.7. The number of piperazine rings is 1. The van der Waals surface area contributed by atoms with Gasteiger partial charge in [-0.15, -0.1) is 0 Å². The second kappa shape index (κ2) is 14.9. The van der Waals surface area contributed by atoms with Crippen LogP contribution in [0.15, 0.2) is 53.3 Å². The molecule has 278 valence electrons. The van der Waals surface area contributed by atoms with Gasteiger partial charge in [0, 0.05) is 57.6 Å². The third-order valence-electron chi connectivity index (χ3n) is 9.65. The number of nitrogens with two attached hydrogens (primary N) is 3. The van der Waals surface area contributed by atoms with Crippen LogP contribution in [0.3, 0.4) is 0 Å². The number of nitrogen functional groups attached to an aromatic ring is 3. The average Bonchev–Trinajstić information content (AvgIpc) is 3.75. The number of nitrogens with one attached hydrogen (secondary N) is 2. The Morgan fingerprint density at radius 3 is 2.67 bits per heavy atom. The molecule has 2 aliphatic heterocycles. The fraction of sp³-hybridized carbons (Fsp3) is 0.333. The lowest BCUT2D eigenvalue weighted by molar-refractivity contribution is -0.133. The van der Waals surface area contributed by atoms with Crippen molar-refractivity contribution >= 4 is 57.5 Å². The zero-order chi connectivity index (χ0) is 37.2. The minimum Gasteiger partial charge on any atom is -0.424 e. The maximum absolute atomic E-state index is 13.1. The van der Waals surface area contributed by atoms with Crippen LogP contribution in [-0.4, -0.2) is 104 Å². The van der Waals surface area contributed by atoms with Crippen LogP contribution in [0.4, 0.5) is 23.6 Å². The Labute approximate surface area is 309 Å². The number of carbonyl (C=O) groups excluding carboxylic acids is 2. The van der Waals surface area contributed by atoms with Crippen LogP contribution in [0, 0.1) is 0 Å². The van der Waals surface area contributed by atoms with E-state index in [1.54, 1.807) is 6.07 Å². The van der Waals surface area contributed by atoms with Gasteiger partial charge in [0.15, 0.2) is 11.2 Å². The number of aromatic nitrogens is 7. The third-order valence-corrected chi connectivity index (χ3v) is 9.65. The summed E-state index contributed by atoms with van der Waals surface area (Å²) >= 11 is 0. The minimum atomic E-state index is -0.372. The molecule has 1 saturated heterocycles. The summed E-state index contributed by atoms with van der Waals surface area (Å²) in [5.41, 5.74) is 24.9. The lowest BCUT2D eigenvalue weighted by Crippen LogP contribution is -2.44. The lowest BCUT2D eigenvalue weighted by atomic mass is 9.97. The van der Waals surface area contributed by atoms with Gasteiger partial charge in [0.1, 0.15) is 29.2 Å². The van der Waals surface area contributed by atoms with Gasteiger partial charge in [0.05, 0.1) is 37.1 Å². The fourth-order valence-electron chi connectivity index (χ4n) is 6.85. The number of benzene rings is 2. The molecule has 4 aromatic heterocycles. The van der Waals surface area contributed by atoms with Crippen LogP contribution in [-0.2, 0) is 29.0 Å². The van der Waals surface area contributed by atoms with Gasteiger partial charge < -0.3 is 46.8 Å². The van der Waals surface area contributed by atoms with Gasteiger partial charge >= 0.3 is 0 Å². The molecule has 0 atom stereocenters. The van der Waals surface area contributed by atoms with Crippen LogP contribution in [0.25, 0.3) is 33.4 Å². The van der Waals surface area contributed by atoms with Crippen molar-refractivity contribution in [1.82, 2.24) is 50.2 Å². The zero-order valence-corrected chi connectivity index (χ0v) is 29.5. The largest absolute Gasteiger partial charge is 0.424 e. The van der Waals surface area contributed by atoms with Crippen molar-refractivity contribution in [3.8, 4) is 11.3 Å². The number of oxazole rings is 1. The predicted molar refractivity (Wildman–Crippen MR) is 201 cm³/mol. The smallest absolute Gasteiger partial charge is 0.292 e. The van der Waals surface area contributed by atoms with Crippen molar-refractivity contribution in [2.24, 2.45) is 0 Å². The maximum atomic E-state index is 13.1. The minimum absolute atomic E-state index is 0.0163. The van der Waals surface area contributed by atoms with E-state index in [1.165, 1.54) is 18.1 Å². The molecule has 8 rings (SSSR count). The molecule has 2 aromatic carbocycles. The first-order valence-electron chi connectivity index (χ1n) is 17.8. The van der Waals surface area contributed by atoms with E-state index in [9.17, 15) is 9.59 Å². The molecule has 0 unspecified atom stereocenters. The first-order chi connectivity index (χ1) is 26.3. The van der Waals surface area contributed by atoms with Gasteiger partial charge in [-0.25, -0.2) is 19.6 Å². The second-order valence-corrected chi connectivity index (χ2v) is 13.2. The van der Waals surface area contributed by atoms with Gasteiger partial charge in [0.25, 0.3) is 11.9 Å². The topological polar surface area (TPSA) is 247 Å². The molecule has 0 spiro atoms. The van der Waals surface area contributed by atoms with Crippen LogP contribution in [0.1, 0.15) is 33.5 Å². The number of ether oxygens (including phenoxy) is 1.